The monoisotopic (exact) mass is 170 g/mol. The molecule has 0 aliphatic rings. The van der Waals surface area contributed by atoms with Crippen molar-refractivity contribution in [3.8, 4) is 0 Å². The Labute approximate surface area is 69.5 Å². The van der Waals surface area contributed by atoms with Crippen molar-refractivity contribution in [3.05, 3.63) is 22.1 Å². The lowest BCUT2D eigenvalue weighted by Crippen LogP contribution is -2.11. The van der Waals surface area contributed by atoms with Crippen molar-refractivity contribution in [1.29, 1.82) is 0 Å². The average molecular weight is 170 g/mol. The zero-order valence-electron chi connectivity index (χ0n) is 7.20. The maximum atomic E-state index is 10.4. The Bertz CT molecular complexity index is 298. The summed E-state index contributed by atoms with van der Waals surface area (Å²) in [7, 11) is 0. The summed E-state index contributed by atoms with van der Waals surface area (Å²) in [4.78, 5) is 9.95. The van der Waals surface area contributed by atoms with Crippen LogP contribution in [0.4, 0.5) is 5.69 Å². The highest BCUT2D eigenvalue weighted by atomic mass is 16.6. The Hall–Kier alpha value is -1.39. The van der Waals surface area contributed by atoms with Crippen molar-refractivity contribution in [2.75, 3.05) is 0 Å². The number of rotatable bonds is 1. The molecule has 0 radical (unpaired) electrons. The lowest BCUT2D eigenvalue weighted by molar-refractivity contribution is -0.386. The van der Waals surface area contributed by atoms with Crippen molar-refractivity contribution in [2.24, 2.45) is 0 Å². The number of hydrogen-bond acceptors (Lipinski definition) is 4. The average Bonchev–Trinajstić information content (AvgIpc) is 2.30. The van der Waals surface area contributed by atoms with Gasteiger partial charge in [-0.05, 0) is 0 Å². The van der Waals surface area contributed by atoms with Gasteiger partial charge in [-0.3, -0.25) is 10.1 Å². The summed E-state index contributed by atoms with van der Waals surface area (Å²) < 4.78 is 4.80. The van der Waals surface area contributed by atoms with Crippen LogP contribution in [0.15, 0.2) is 10.7 Å². The summed E-state index contributed by atoms with van der Waals surface area (Å²) in [5.41, 5.74) is -0.429. The van der Waals surface area contributed by atoms with Gasteiger partial charge in [0.15, 0.2) is 0 Å². The van der Waals surface area contributed by atoms with Crippen LogP contribution in [0, 0.1) is 10.1 Å². The molecule has 5 nitrogen and oxygen atoms in total. The highest BCUT2D eigenvalue weighted by Crippen LogP contribution is 2.30. The third-order valence-electron chi connectivity index (χ3n) is 1.43. The zero-order chi connectivity index (χ0) is 9.35. The molecule has 12 heavy (non-hydrogen) atoms. The van der Waals surface area contributed by atoms with Gasteiger partial charge in [0.1, 0.15) is 6.20 Å². The number of aromatic nitrogens is 1. The summed E-state index contributed by atoms with van der Waals surface area (Å²) in [6.45, 7) is 5.50. The van der Waals surface area contributed by atoms with Crippen LogP contribution in [0.1, 0.15) is 26.5 Å². The fourth-order valence-electron chi connectivity index (χ4n) is 0.886. The Balaban J connectivity index is 3.17. The molecule has 1 heterocycles. The lowest BCUT2D eigenvalue weighted by Gasteiger charge is -2.11. The molecule has 0 aromatic carbocycles. The van der Waals surface area contributed by atoms with Crippen molar-refractivity contribution in [3.63, 3.8) is 0 Å². The van der Waals surface area contributed by atoms with Gasteiger partial charge in [0.05, 0.1) is 4.92 Å². The molecule has 0 fully saturated rings. The highest BCUT2D eigenvalue weighted by Gasteiger charge is 2.29. The van der Waals surface area contributed by atoms with Crippen LogP contribution in [-0.2, 0) is 5.41 Å². The second-order valence-corrected chi connectivity index (χ2v) is 3.55. The van der Waals surface area contributed by atoms with Gasteiger partial charge >= 0.3 is 5.69 Å². The molecular formula is C7H10N2O3. The van der Waals surface area contributed by atoms with E-state index in [0.29, 0.717) is 5.76 Å². The predicted molar refractivity (Wildman–Crippen MR) is 41.9 cm³/mol. The Morgan fingerprint density at radius 1 is 1.58 bits per heavy atom. The SMILES string of the molecule is CC(C)(C)c1oncc1[N+](=O)[O-]. The second-order valence-electron chi connectivity index (χ2n) is 3.55. The van der Waals surface area contributed by atoms with Crippen LogP contribution >= 0.6 is 0 Å². The van der Waals surface area contributed by atoms with Gasteiger partial charge < -0.3 is 4.52 Å². The second kappa shape index (κ2) is 2.58. The Morgan fingerprint density at radius 2 is 2.17 bits per heavy atom. The smallest absolute Gasteiger partial charge is 0.332 e. The van der Waals surface area contributed by atoms with Crippen molar-refractivity contribution in [2.45, 2.75) is 26.2 Å². The molecule has 0 bridgehead atoms. The first kappa shape index (κ1) is 8.70. The van der Waals surface area contributed by atoms with E-state index in [1.807, 2.05) is 20.8 Å². The van der Waals surface area contributed by atoms with E-state index in [9.17, 15) is 10.1 Å². The highest BCUT2D eigenvalue weighted by molar-refractivity contribution is 5.34. The summed E-state index contributed by atoms with van der Waals surface area (Å²) in [5, 5.41) is 13.8. The van der Waals surface area contributed by atoms with Crippen LogP contribution in [0.25, 0.3) is 0 Å². The number of hydrogen-bond donors (Lipinski definition) is 0. The lowest BCUT2D eigenvalue weighted by atomic mass is 9.92. The fraction of sp³-hybridized carbons (Fsp3) is 0.571. The first-order valence-corrected chi connectivity index (χ1v) is 3.52. The van der Waals surface area contributed by atoms with Crippen LogP contribution in [0.3, 0.4) is 0 Å². The summed E-state index contributed by atoms with van der Waals surface area (Å²) in [5.74, 6) is 0.313. The maximum Gasteiger partial charge on any atom is 0.332 e. The normalized spacial score (nSPS) is 11.6. The van der Waals surface area contributed by atoms with Gasteiger partial charge in [-0.25, -0.2) is 0 Å². The first-order chi connectivity index (χ1) is 5.43. The molecule has 0 amide bonds. The van der Waals surface area contributed by atoms with E-state index in [-0.39, 0.29) is 11.1 Å². The Kier molecular flexibility index (Phi) is 1.87. The van der Waals surface area contributed by atoms with E-state index in [4.69, 9.17) is 4.52 Å². The van der Waals surface area contributed by atoms with Crippen molar-refractivity contribution < 1.29 is 9.45 Å². The molecule has 0 N–H and O–H groups in total. The molecule has 0 saturated carbocycles. The fourth-order valence-corrected chi connectivity index (χ4v) is 0.886. The first-order valence-electron chi connectivity index (χ1n) is 3.52. The van der Waals surface area contributed by atoms with E-state index >= 15 is 0 Å². The van der Waals surface area contributed by atoms with Gasteiger partial charge in [0.25, 0.3) is 0 Å². The minimum absolute atomic E-state index is 0.0532. The van der Waals surface area contributed by atoms with E-state index in [0.717, 1.165) is 6.20 Å². The molecule has 0 unspecified atom stereocenters. The quantitative estimate of drug-likeness (QED) is 0.476. The zero-order valence-corrected chi connectivity index (χ0v) is 7.20. The molecule has 0 spiro atoms. The predicted octanol–water partition coefficient (Wildman–Crippen LogP) is 1.88. The van der Waals surface area contributed by atoms with Gasteiger partial charge in [0, 0.05) is 5.41 Å². The maximum absolute atomic E-state index is 10.4. The number of nitrogens with zero attached hydrogens (tertiary/aromatic N) is 2. The minimum atomic E-state index is -0.489. The van der Waals surface area contributed by atoms with Crippen LogP contribution in [0.2, 0.25) is 0 Å². The van der Waals surface area contributed by atoms with E-state index in [2.05, 4.69) is 5.16 Å². The van der Waals surface area contributed by atoms with Gasteiger partial charge in [-0.1, -0.05) is 25.9 Å². The molecule has 0 saturated heterocycles. The van der Waals surface area contributed by atoms with Gasteiger partial charge in [-0.2, -0.15) is 0 Å². The van der Waals surface area contributed by atoms with E-state index < -0.39 is 4.92 Å². The standard InChI is InChI=1S/C7H10N2O3/c1-7(2,3)6-5(9(10)11)4-8-12-6/h4H,1-3H3. The van der Waals surface area contributed by atoms with Crippen molar-refractivity contribution in [1.82, 2.24) is 5.16 Å². The molecule has 1 aromatic heterocycles. The third-order valence-corrected chi connectivity index (χ3v) is 1.43. The molecule has 1 rings (SSSR count). The third kappa shape index (κ3) is 1.44. The van der Waals surface area contributed by atoms with Crippen LogP contribution in [0.5, 0.6) is 0 Å². The summed E-state index contributed by atoms with van der Waals surface area (Å²) in [6, 6.07) is 0. The molecule has 1 aromatic rings. The largest absolute Gasteiger partial charge is 0.353 e. The van der Waals surface area contributed by atoms with Crippen molar-refractivity contribution >= 4 is 5.69 Å². The van der Waals surface area contributed by atoms with Crippen LogP contribution < -0.4 is 0 Å². The Morgan fingerprint density at radius 3 is 2.50 bits per heavy atom. The molecule has 0 aliphatic heterocycles. The van der Waals surface area contributed by atoms with E-state index in [1.54, 1.807) is 0 Å². The summed E-state index contributed by atoms with van der Waals surface area (Å²) in [6.07, 6.45) is 1.13. The molecule has 0 aliphatic carbocycles. The number of nitro groups is 1. The molecule has 5 heteroatoms. The van der Waals surface area contributed by atoms with E-state index in [1.165, 1.54) is 0 Å². The van der Waals surface area contributed by atoms with Gasteiger partial charge in [0.2, 0.25) is 5.76 Å². The topological polar surface area (TPSA) is 69.2 Å². The molecular weight excluding hydrogens is 160 g/mol. The van der Waals surface area contributed by atoms with Crippen LogP contribution in [-0.4, -0.2) is 10.1 Å². The molecule has 66 valence electrons. The molecule has 0 atom stereocenters. The van der Waals surface area contributed by atoms with Gasteiger partial charge in [-0.15, -0.1) is 0 Å². The minimum Gasteiger partial charge on any atom is -0.353 e. The summed E-state index contributed by atoms with van der Waals surface area (Å²) >= 11 is 0.